The van der Waals surface area contributed by atoms with Crippen LogP contribution in [0.2, 0.25) is 0 Å². The number of halogens is 3. The van der Waals surface area contributed by atoms with Gasteiger partial charge in [-0.1, -0.05) is 44.6 Å². The maximum atomic E-state index is 13.5. The van der Waals surface area contributed by atoms with Crippen molar-refractivity contribution < 1.29 is 22.8 Å². The number of carbonyl (C=O) groups is 2. The van der Waals surface area contributed by atoms with Gasteiger partial charge in [-0.2, -0.15) is 13.2 Å². The Balaban J connectivity index is 1.96. The largest absolute Gasteiger partial charge is 0.417 e. The molecule has 0 heterocycles. The molecule has 0 saturated heterocycles. The molecule has 162 valence electrons. The molecule has 0 spiro atoms. The van der Waals surface area contributed by atoms with Gasteiger partial charge in [0, 0.05) is 11.7 Å². The Hall–Kier alpha value is -2.49. The molecule has 4 nitrogen and oxygen atoms in total. The first-order valence-corrected chi connectivity index (χ1v) is 10.6. The summed E-state index contributed by atoms with van der Waals surface area (Å²) >= 11 is 0. The number of Topliss-reactive ketones (excluding diaryl/α,β-unsaturated/α-hetero) is 1. The van der Waals surface area contributed by atoms with Crippen molar-refractivity contribution in [2.24, 2.45) is 0 Å². The van der Waals surface area contributed by atoms with Gasteiger partial charge in [-0.3, -0.25) is 9.59 Å². The second-order valence-corrected chi connectivity index (χ2v) is 8.28. The van der Waals surface area contributed by atoms with E-state index in [1.807, 2.05) is 0 Å². The summed E-state index contributed by atoms with van der Waals surface area (Å²) in [7, 11) is 0. The first-order valence-electron chi connectivity index (χ1n) is 10.6. The number of hydrogen-bond acceptors (Lipinski definition) is 3. The number of ketones is 1. The van der Waals surface area contributed by atoms with Crippen LogP contribution in [0.4, 0.5) is 18.9 Å². The third-order valence-corrected chi connectivity index (χ3v) is 6.18. The number of amides is 1. The van der Waals surface area contributed by atoms with Crippen LogP contribution in [-0.4, -0.2) is 23.3 Å². The third kappa shape index (κ3) is 4.80. The van der Waals surface area contributed by atoms with Crippen LogP contribution in [0.5, 0.6) is 0 Å². The van der Waals surface area contributed by atoms with Gasteiger partial charge in [-0.25, -0.2) is 0 Å². The molecule has 2 aliphatic carbocycles. The summed E-state index contributed by atoms with van der Waals surface area (Å²) in [5.41, 5.74) is -2.77. The Morgan fingerprint density at radius 3 is 2.27 bits per heavy atom. The molecule has 2 N–H and O–H groups in total. The van der Waals surface area contributed by atoms with Crippen LogP contribution in [-0.2, 0) is 11.0 Å². The lowest BCUT2D eigenvalue weighted by Gasteiger charge is -2.39. The number of benzene rings is 1. The molecule has 0 aromatic heterocycles. The molecule has 0 radical (unpaired) electrons. The number of alkyl halides is 3. The molecule has 0 aliphatic heterocycles. The van der Waals surface area contributed by atoms with Crippen LogP contribution in [0, 0.1) is 12.3 Å². The van der Waals surface area contributed by atoms with Crippen molar-refractivity contribution in [3.05, 3.63) is 29.3 Å². The number of nitrogens with one attached hydrogen (secondary N) is 2. The zero-order valence-electron chi connectivity index (χ0n) is 16.9. The summed E-state index contributed by atoms with van der Waals surface area (Å²) in [6.07, 6.45) is 9.01. The number of rotatable bonds is 5. The maximum absolute atomic E-state index is 13.5. The average Bonchev–Trinajstić information content (AvgIpc) is 2.74. The molecule has 0 atom stereocenters. The van der Waals surface area contributed by atoms with Crippen LogP contribution >= 0.6 is 0 Å². The van der Waals surface area contributed by atoms with Crippen LogP contribution < -0.4 is 10.6 Å². The second kappa shape index (κ2) is 9.11. The molecular formula is C23H27F3N2O2. The first kappa shape index (κ1) is 22.2. The summed E-state index contributed by atoms with van der Waals surface area (Å²) in [6.45, 7) is 0. The van der Waals surface area contributed by atoms with E-state index in [1.54, 1.807) is 5.92 Å². The molecular weight excluding hydrogens is 393 g/mol. The van der Waals surface area contributed by atoms with E-state index in [0.29, 0.717) is 12.8 Å². The lowest BCUT2D eigenvalue weighted by Crippen LogP contribution is -2.56. The number of terminal acetylenes is 1. The van der Waals surface area contributed by atoms with Gasteiger partial charge in [0.05, 0.1) is 11.1 Å². The fraction of sp³-hybridized carbons (Fsp3) is 0.565. The minimum Gasteiger partial charge on any atom is -0.371 e. The highest BCUT2D eigenvalue weighted by molar-refractivity contribution is 6.13. The van der Waals surface area contributed by atoms with Gasteiger partial charge >= 0.3 is 6.18 Å². The van der Waals surface area contributed by atoms with E-state index >= 15 is 0 Å². The van der Waals surface area contributed by atoms with Crippen LogP contribution in [0.3, 0.4) is 0 Å². The van der Waals surface area contributed by atoms with Crippen molar-refractivity contribution in [3.63, 3.8) is 0 Å². The van der Waals surface area contributed by atoms with Gasteiger partial charge in [0.15, 0.2) is 0 Å². The van der Waals surface area contributed by atoms with Crippen molar-refractivity contribution in [1.29, 1.82) is 0 Å². The third-order valence-electron chi connectivity index (χ3n) is 6.18. The van der Waals surface area contributed by atoms with E-state index in [1.165, 1.54) is 12.1 Å². The average molecular weight is 420 g/mol. The monoisotopic (exact) mass is 420 g/mol. The summed E-state index contributed by atoms with van der Waals surface area (Å²) in [5.74, 6) is 0.544. The van der Waals surface area contributed by atoms with Gasteiger partial charge in [0.2, 0.25) is 11.7 Å². The zero-order chi connectivity index (χ0) is 21.8. The minimum atomic E-state index is -4.73. The van der Waals surface area contributed by atoms with E-state index < -0.39 is 28.6 Å². The molecule has 2 aliphatic rings. The molecule has 0 unspecified atom stereocenters. The number of hydrogen-bond donors (Lipinski definition) is 2. The highest BCUT2D eigenvalue weighted by Crippen LogP contribution is 2.39. The summed E-state index contributed by atoms with van der Waals surface area (Å²) in [6, 6.07) is 3.55. The number of anilines is 1. The predicted molar refractivity (Wildman–Crippen MR) is 109 cm³/mol. The lowest BCUT2D eigenvalue weighted by atomic mass is 9.79. The van der Waals surface area contributed by atoms with Gasteiger partial charge < -0.3 is 10.6 Å². The van der Waals surface area contributed by atoms with E-state index in [2.05, 4.69) is 10.6 Å². The molecule has 2 saturated carbocycles. The Kier molecular flexibility index (Phi) is 6.74. The number of carbonyl (C=O) groups excluding carboxylic acids is 2. The Morgan fingerprint density at radius 2 is 1.67 bits per heavy atom. The summed E-state index contributed by atoms with van der Waals surface area (Å²) < 4.78 is 40.6. The fourth-order valence-electron chi connectivity index (χ4n) is 4.60. The van der Waals surface area contributed by atoms with E-state index in [4.69, 9.17) is 6.42 Å². The lowest BCUT2D eigenvalue weighted by molar-refractivity contribution is -0.137. The quantitative estimate of drug-likeness (QED) is 0.397. The van der Waals surface area contributed by atoms with Crippen LogP contribution in [0.25, 0.3) is 0 Å². The molecule has 30 heavy (non-hydrogen) atoms. The zero-order valence-corrected chi connectivity index (χ0v) is 16.9. The van der Waals surface area contributed by atoms with Gasteiger partial charge in [0.25, 0.3) is 0 Å². The van der Waals surface area contributed by atoms with Crippen LogP contribution in [0.15, 0.2) is 18.2 Å². The van der Waals surface area contributed by atoms with Gasteiger partial charge in [-0.05, 0) is 43.7 Å². The van der Waals surface area contributed by atoms with Crippen molar-refractivity contribution in [2.45, 2.75) is 82.0 Å². The van der Waals surface area contributed by atoms with E-state index in [-0.39, 0.29) is 17.6 Å². The highest BCUT2D eigenvalue weighted by Gasteiger charge is 2.42. The Morgan fingerprint density at radius 1 is 1.03 bits per heavy atom. The Labute approximate surface area is 175 Å². The maximum Gasteiger partial charge on any atom is 0.417 e. The van der Waals surface area contributed by atoms with Crippen molar-refractivity contribution in [1.82, 2.24) is 5.32 Å². The molecule has 0 bridgehead atoms. The summed E-state index contributed by atoms with van der Waals surface area (Å²) in [4.78, 5) is 25.6. The molecule has 2 fully saturated rings. The Bertz CT molecular complexity index is 830. The van der Waals surface area contributed by atoms with Crippen LogP contribution in [0.1, 0.15) is 80.1 Å². The van der Waals surface area contributed by atoms with Crippen molar-refractivity contribution in [2.75, 3.05) is 5.32 Å². The van der Waals surface area contributed by atoms with Gasteiger partial charge in [-0.15, -0.1) is 6.42 Å². The molecule has 7 heteroatoms. The fourth-order valence-corrected chi connectivity index (χ4v) is 4.60. The molecule has 1 aromatic carbocycles. The SMILES string of the molecule is C#CC(=O)c1c(NC2(C(=O)NC3CCCCC3)CCCCC2)cccc1C(F)(F)F. The van der Waals surface area contributed by atoms with Crippen molar-refractivity contribution >= 4 is 17.4 Å². The highest BCUT2D eigenvalue weighted by atomic mass is 19.4. The molecule has 3 rings (SSSR count). The topological polar surface area (TPSA) is 58.2 Å². The minimum absolute atomic E-state index is 0.0338. The predicted octanol–water partition coefficient (Wildman–Crippen LogP) is 5.09. The second-order valence-electron chi connectivity index (χ2n) is 8.28. The molecule has 1 aromatic rings. The molecule has 1 amide bonds. The van der Waals surface area contributed by atoms with Crippen molar-refractivity contribution in [3.8, 4) is 12.3 Å². The van der Waals surface area contributed by atoms with E-state index in [9.17, 15) is 22.8 Å². The first-order chi connectivity index (χ1) is 14.3. The smallest absolute Gasteiger partial charge is 0.371 e. The standard InChI is InChI=1S/C23H27F3N2O2/c1-2-19(29)20-17(23(24,25)26)12-9-13-18(20)28-22(14-7-4-8-15-22)21(30)27-16-10-5-3-6-11-16/h1,9,12-13,16,28H,3-8,10-11,14-15H2,(H,27,30). The summed E-state index contributed by atoms with van der Waals surface area (Å²) in [5, 5.41) is 6.16. The normalized spacial score (nSPS) is 19.5. The van der Waals surface area contributed by atoms with E-state index in [0.717, 1.165) is 57.4 Å². The van der Waals surface area contributed by atoms with Gasteiger partial charge in [0.1, 0.15) is 5.54 Å².